The molecule has 9 heteroatoms. The molecule has 0 spiro atoms. The van der Waals surface area contributed by atoms with Crippen LogP contribution in [-0.4, -0.2) is 43.3 Å². The van der Waals surface area contributed by atoms with Crippen molar-refractivity contribution in [2.45, 2.75) is 48.8 Å². The Morgan fingerprint density at radius 3 is 2.42 bits per heavy atom. The summed E-state index contributed by atoms with van der Waals surface area (Å²) in [6.45, 7) is -0.271. The lowest BCUT2D eigenvalue weighted by Crippen LogP contribution is -2.40. The second-order valence-corrected chi connectivity index (χ2v) is 11.3. The van der Waals surface area contributed by atoms with E-state index in [9.17, 15) is 23.4 Å². The number of nitrogens with zero attached hydrogens (tertiary/aromatic N) is 1. The molecule has 0 heterocycles. The van der Waals surface area contributed by atoms with Crippen LogP contribution in [0.3, 0.4) is 0 Å². The molecule has 8 nitrogen and oxygen atoms in total. The summed E-state index contributed by atoms with van der Waals surface area (Å²) in [7, 11) is -3.90. The van der Waals surface area contributed by atoms with Gasteiger partial charge in [-0.2, -0.15) is 5.26 Å². The topological polar surface area (TPSA) is 140 Å². The molecule has 4 unspecified atom stereocenters. The van der Waals surface area contributed by atoms with Crippen LogP contribution in [-0.2, 0) is 27.7 Å². The Bertz CT molecular complexity index is 1390. The van der Waals surface area contributed by atoms with Gasteiger partial charge in [-0.1, -0.05) is 54.6 Å². The summed E-state index contributed by atoms with van der Waals surface area (Å²) in [6, 6.07) is 24.1. The molecule has 38 heavy (non-hydrogen) atoms. The third kappa shape index (κ3) is 6.85. The third-order valence-corrected chi connectivity index (χ3v) is 8.30. The van der Waals surface area contributed by atoms with E-state index in [0.29, 0.717) is 24.8 Å². The van der Waals surface area contributed by atoms with Gasteiger partial charge in [0.2, 0.25) is 15.9 Å². The summed E-state index contributed by atoms with van der Waals surface area (Å²) in [6.07, 6.45) is -0.313. The first-order chi connectivity index (χ1) is 18.3. The molecule has 3 aromatic rings. The van der Waals surface area contributed by atoms with E-state index in [2.05, 4.69) is 10.0 Å². The van der Waals surface area contributed by atoms with Crippen molar-refractivity contribution in [1.82, 2.24) is 10.0 Å². The van der Waals surface area contributed by atoms with E-state index in [1.807, 2.05) is 60.7 Å². The van der Waals surface area contributed by atoms with Crippen LogP contribution in [0.15, 0.2) is 83.8 Å². The van der Waals surface area contributed by atoms with Gasteiger partial charge in [-0.15, -0.1) is 0 Å². The van der Waals surface area contributed by atoms with E-state index < -0.39 is 34.2 Å². The van der Waals surface area contributed by atoms with Gasteiger partial charge in [0, 0.05) is 18.9 Å². The van der Waals surface area contributed by atoms with Crippen molar-refractivity contribution >= 4 is 15.9 Å². The number of hydrogen-bond acceptors (Lipinski definition) is 6. The minimum absolute atomic E-state index is 0.0176. The predicted octanol–water partition coefficient (Wildman–Crippen LogP) is 2.61. The van der Waals surface area contributed by atoms with E-state index >= 15 is 0 Å². The van der Waals surface area contributed by atoms with Crippen molar-refractivity contribution in [3.8, 4) is 6.07 Å². The highest BCUT2D eigenvalue weighted by Crippen LogP contribution is 2.32. The molecule has 0 radical (unpaired) electrons. The Morgan fingerprint density at radius 1 is 1.03 bits per heavy atom. The Morgan fingerprint density at radius 2 is 1.71 bits per heavy atom. The highest BCUT2D eigenvalue weighted by molar-refractivity contribution is 7.89. The maximum Gasteiger partial charge on any atom is 0.240 e. The fourth-order valence-corrected chi connectivity index (χ4v) is 5.84. The molecule has 1 aliphatic carbocycles. The Hall–Kier alpha value is -3.55. The average molecular weight is 534 g/mol. The van der Waals surface area contributed by atoms with Crippen LogP contribution in [0, 0.1) is 17.2 Å². The first-order valence-corrected chi connectivity index (χ1v) is 14.0. The van der Waals surface area contributed by atoms with Crippen LogP contribution in [0.5, 0.6) is 0 Å². The normalized spacial score (nSPS) is 18.2. The maximum absolute atomic E-state index is 13.4. The van der Waals surface area contributed by atoms with Crippen molar-refractivity contribution in [3.63, 3.8) is 0 Å². The third-order valence-electron chi connectivity index (χ3n) is 6.86. The number of nitrogens with one attached hydrogen (secondary N) is 2. The average Bonchev–Trinajstić information content (AvgIpc) is 3.25. The van der Waals surface area contributed by atoms with Gasteiger partial charge in [0.05, 0.1) is 34.8 Å². The highest BCUT2D eigenvalue weighted by Gasteiger charge is 2.34. The molecule has 1 amide bonds. The first-order valence-electron chi connectivity index (χ1n) is 12.5. The molecular formula is C29H31N3O5S. The summed E-state index contributed by atoms with van der Waals surface area (Å²) in [5, 5.41) is 33.2. The molecule has 3 aromatic carbocycles. The fourth-order valence-electron chi connectivity index (χ4n) is 4.77. The van der Waals surface area contributed by atoms with Crippen molar-refractivity contribution in [3.05, 3.63) is 101 Å². The standard InChI is InChI=1S/C29H31N3O5S/c30-18-21-11-14-25(15-12-21)38(36,37)31-19-24(33)16-23(13-10-20-6-2-1-3-7-20)29(35)32-28-26-9-5-4-8-22(26)17-27(28)34/h1-9,11-12,14-15,23-24,27-28,31,33-34H,10,13,16-17,19H2,(H,32,35). The monoisotopic (exact) mass is 533 g/mol. The van der Waals surface area contributed by atoms with Gasteiger partial charge in [-0.3, -0.25) is 4.79 Å². The summed E-state index contributed by atoms with van der Waals surface area (Å²) in [4.78, 5) is 13.4. The molecule has 198 valence electrons. The molecule has 0 aliphatic heterocycles. The Labute approximate surface area is 223 Å². The molecular weight excluding hydrogens is 502 g/mol. The number of fused-ring (bicyclic) bond motifs is 1. The smallest absolute Gasteiger partial charge is 0.240 e. The molecule has 0 aromatic heterocycles. The SMILES string of the molecule is N#Cc1ccc(S(=O)(=O)NCC(O)CC(CCc2ccccc2)C(=O)NC2c3ccccc3CC2O)cc1. The number of carbonyl (C=O) groups is 1. The van der Waals surface area contributed by atoms with Crippen molar-refractivity contribution in [2.24, 2.45) is 5.92 Å². The summed E-state index contributed by atoms with van der Waals surface area (Å²) in [5.74, 6) is -0.903. The molecule has 0 bridgehead atoms. The highest BCUT2D eigenvalue weighted by atomic mass is 32.2. The van der Waals surface area contributed by atoms with E-state index in [1.54, 1.807) is 0 Å². The van der Waals surface area contributed by atoms with Crippen LogP contribution >= 0.6 is 0 Å². The maximum atomic E-state index is 13.4. The van der Waals surface area contributed by atoms with Gasteiger partial charge in [0.1, 0.15) is 0 Å². The zero-order valence-corrected chi connectivity index (χ0v) is 21.6. The molecule has 0 saturated carbocycles. The first kappa shape index (κ1) is 27.5. The zero-order valence-electron chi connectivity index (χ0n) is 20.8. The van der Waals surface area contributed by atoms with Crippen LogP contribution in [0.4, 0.5) is 0 Å². The van der Waals surface area contributed by atoms with E-state index in [0.717, 1.165) is 16.7 Å². The minimum atomic E-state index is -3.90. The van der Waals surface area contributed by atoms with Gasteiger partial charge in [0.15, 0.2) is 0 Å². The number of rotatable bonds is 11. The number of benzene rings is 3. The lowest BCUT2D eigenvalue weighted by atomic mass is 9.92. The lowest BCUT2D eigenvalue weighted by molar-refractivity contribution is -0.127. The summed E-state index contributed by atoms with van der Waals surface area (Å²) in [5.41, 5.74) is 3.26. The van der Waals surface area contributed by atoms with E-state index in [1.165, 1.54) is 24.3 Å². The minimum Gasteiger partial charge on any atom is -0.392 e. The van der Waals surface area contributed by atoms with E-state index in [-0.39, 0.29) is 23.8 Å². The van der Waals surface area contributed by atoms with Crippen LogP contribution < -0.4 is 10.0 Å². The zero-order chi connectivity index (χ0) is 27.1. The largest absolute Gasteiger partial charge is 0.392 e. The number of nitriles is 1. The number of aryl methyl sites for hydroxylation is 1. The van der Waals surface area contributed by atoms with Crippen molar-refractivity contribution in [2.75, 3.05) is 6.54 Å². The number of aliphatic hydroxyl groups is 2. The fraction of sp³-hybridized carbons (Fsp3) is 0.310. The molecule has 4 rings (SSSR count). The number of hydrogen-bond donors (Lipinski definition) is 4. The van der Waals surface area contributed by atoms with Crippen molar-refractivity contribution in [1.29, 1.82) is 5.26 Å². The quantitative estimate of drug-likeness (QED) is 0.299. The number of amides is 1. The second kappa shape index (κ2) is 12.3. The van der Waals surface area contributed by atoms with Gasteiger partial charge in [0.25, 0.3) is 0 Å². The Balaban J connectivity index is 1.42. The number of sulfonamides is 1. The molecule has 0 fully saturated rings. The number of aliphatic hydroxyl groups excluding tert-OH is 2. The van der Waals surface area contributed by atoms with Gasteiger partial charge in [-0.25, -0.2) is 13.1 Å². The molecule has 0 saturated heterocycles. The van der Waals surface area contributed by atoms with Gasteiger partial charge >= 0.3 is 0 Å². The molecule has 1 aliphatic rings. The van der Waals surface area contributed by atoms with Gasteiger partial charge < -0.3 is 15.5 Å². The van der Waals surface area contributed by atoms with Crippen molar-refractivity contribution < 1.29 is 23.4 Å². The number of carbonyl (C=O) groups excluding carboxylic acids is 1. The van der Waals surface area contributed by atoms with Gasteiger partial charge in [-0.05, 0) is 60.2 Å². The van der Waals surface area contributed by atoms with E-state index in [4.69, 9.17) is 5.26 Å². The summed E-state index contributed by atoms with van der Waals surface area (Å²) >= 11 is 0. The molecule has 4 atom stereocenters. The van der Waals surface area contributed by atoms with Crippen LogP contribution in [0.2, 0.25) is 0 Å². The predicted molar refractivity (Wildman–Crippen MR) is 142 cm³/mol. The lowest BCUT2D eigenvalue weighted by Gasteiger charge is -2.24. The van der Waals surface area contributed by atoms with Crippen LogP contribution in [0.1, 0.15) is 41.1 Å². The Kier molecular flexibility index (Phi) is 8.92. The second-order valence-electron chi connectivity index (χ2n) is 9.56. The summed E-state index contributed by atoms with van der Waals surface area (Å²) < 4.78 is 27.7. The van der Waals surface area contributed by atoms with Crippen LogP contribution in [0.25, 0.3) is 0 Å². The molecule has 4 N–H and O–H groups in total.